The molecule has 5 nitrogen and oxygen atoms in total. The number of rotatable bonds is 8. The quantitative estimate of drug-likeness (QED) is 0.769. The molecule has 2 aromatic rings. The van der Waals surface area contributed by atoms with Gasteiger partial charge in [0, 0.05) is 11.4 Å². The topological polar surface area (TPSA) is 75.6 Å². The zero-order valence-electron chi connectivity index (χ0n) is 12.9. The molecule has 2 N–H and O–H groups in total. The molecule has 1 amide bonds. The Balaban J connectivity index is 1.85. The van der Waals surface area contributed by atoms with E-state index in [0.29, 0.717) is 10.6 Å². The summed E-state index contributed by atoms with van der Waals surface area (Å²) in [5, 5.41) is 12.2. The smallest absolute Gasteiger partial charge is 0.326 e. The van der Waals surface area contributed by atoms with Crippen LogP contribution >= 0.6 is 11.6 Å². The van der Waals surface area contributed by atoms with Crippen molar-refractivity contribution in [1.29, 1.82) is 0 Å². The third kappa shape index (κ3) is 5.68. The number of halogens is 1. The lowest BCUT2D eigenvalue weighted by atomic mass is 10.1. The molecule has 0 bridgehead atoms. The average molecular weight is 348 g/mol. The number of carboxylic acid groups (broad SMARTS) is 1. The molecular weight excluding hydrogens is 330 g/mol. The maximum absolute atomic E-state index is 11.9. The van der Waals surface area contributed by atoms with Crippen molar-refractivity contribution in [3.63, 3.8) is 0 Å². The Labute approximate surface area is 145 Å². The summed E-state index contributed by atoms with van der Waals surface area (Å²) in [6.45, 7) is 0.0811. The highest BCUT2D eigenvalue weighted by molar-refractivity contribution is 6.31. The van der Waals surface area contributed by atoms with Crippen LogP contribution in [-0.4, -0.2) is 29.6 Å². The number of ether oxygens (including phenoxy) is 1. The van der Waals surface area contributed by atoms with Crippen molar-refractivity contribution >= 4 is 23.5 Å². The summed E-state index contributed by atoms with van der Waals surface area (Å²) >= 11 is 6.03. The van der Waals surface area contributed by atoms with Crippen molar-refractivity contribution in [2.45, 2.75) is 19.1 Å². The zero-order valence-corrected chi connectivity index (χ0v) is 13.7. The molecule has 0 heterocycles. The van der Waals surface area contributed by atoms with Crippen LogP contribution in [0.4, 0.5) is 0 Å². The Hall–Kier alpha value is -2.37. The Morgan fingerprint density at radius 1 is 1.08 bits per heavy atom. The van der Waals surface area contributed by atoms with Crippen LogP contribution in [0, 0.1) is 0 Å². The van der Waals surface area contributed by atoms with Crippen molar-refractivity contribution in [1.82, 2.24) is 5.32 Å². The fraction of sp³-hybridized carbons (Fsp3) is 0.222. The van der Waals surface area contributed by atoms with Gasteiger partial charge in [0.25, 0.3) is 0 Å². The fourth-order valence-electron chi connectivity index (χ4n) is 2.16. The summed E-state index contributed by atoms with van der Waals surface area (Å²) in [5.41, 5.74) is 1.60. The summed E-state index contributed by atoms with van der Waals surface area (Å²) in [6, 6.07) is 15.3. The second kappa shape index (κ2) is 9.05. The molecule has 0 aliphatic carbocycles. The molecule has 2 rings (SSSR count). The highest BCUT2D eigenvalue weighted by atomic mass is 35.5. The largest absolute Gasteiger partial charge is 0.480 e. The number of benzene rings is 2. The standard InChI is InChI=1S/C18H18ClNO4/c19-15-9-5-4-8-14(15)10-16(18(22)23)20-17(21)12-24-11-13-6-2-1-3-7-13/h1-9,16H,10-12H2,(H,20,21)(H,22,23)/t16-/m0/s1. The summed E-state index contributed by atoms with van der Waals surface area (Å²) in [7, 11) is 0. The molecule has 0 aromatic heterocycles. The van der Waals surface area contributed by atoms with E-state index in [1.807, 2.05) is 30.3 Å². The van der Waals surface area contributed by atoms with Gasteiger partial charge in [0.1, 0.15) is 12.6 Å². The molecule has 2 aromatic carbocycles. The van der Waals surface area contributed by atoms with Crippen molar-refractivity contribution in [3.8, 4) is 0 Å². The Kier molecular flexibility index (Phi) is 6.78. The zero-order chi connectivity index (χ0) is 17.4. The first-order chi connectivity index (χ1) is 11.6. The predicted molar refractivity (Wildman–Crippen MR) is 90.8 cm³/mol. The number of hydrogen-bond acceptors (Lipinski definition) is 3. The number of amides is 1. The number of aliphatic carboxylic acids is 1. The lowest BCUT2D eigenvalue weighted by molar-refractivity contribution is -0.142. The van der Waals surface area contributed by atoms with Gasteiger partial charge in [0.05, 0.1) is 6.61 Å². The van der Waals surface area contributed by atoms with Gasteiger partial charge >= 0.3 is 5.97 Å². The minimum absolute atomic E-state index is 0.111. The van der Waals surface area contributed by atoms with E-state index < -0.39 is 17.9 Å². The molecule has 1 atom stereocenters. The molecule has 24 heavy (non-hydrogen) atoms. The first kappa shape index (κ1) is 18.0. The van der Waals surface area contributed by atoms with Gasteiger partial charge in [-0.15, -0.1) is 0 Å². The highest BCUT2D eigenvalue weighted by Crippen LogP contribution is 2.16. The maximum Gasteiger partial charge on any atom is 0.326 e. The van der Waals surface area contributed by atoms with Gasteiger partial charge in [-0.25, -0.2) is 4.79 Å². The number of hydrogen-bond donors (Lipinski definition) is 2. The van der Waals surface area contributed by atoms with Crippen LogP contribution in [0.15, 0.2) is 54.6 Å². The molecule has 126 valence electrons. The van der Waals surface area contributed by atoms with Crippen molar-refractivity contribution in [3.05, 3.63) is 70.7 Å². The number of carbonyl (C=O) groups is 2. The summed E-state index contributed by atoms with van der Waals surface area (Å²) in [6.07, 6.45) is 0.111. The van der Waals surface area contributed by atoms with E-state index >= 15 is 0 Å². The van der Waals surface area contributed by atoms with Gasteiger partial charge in [-0.3, -0.25) is 4.79 Å². The molecule has 6 heteroatoms. The van der Waals surface area contributed by atoms with Gasteiger partial charge < -0.3 is 15.2 Å². The van der Waals surface area contributed by atoms with Crippen LogP contribution in [0.2, 0.25) is 5.02 Å². The van der Waals surface area contributed by atoms with Gasteiger partial charge in [-0.2, -0.15) is 0 Å². The number of carboxylic acids is 1. The third-order valence-corrected chi connectivity index (χ3v) is 3.73. The first-order valence-electron chi connectivity index (χ1n) is 7.43. The lowest BCUT2D eigenvalue weighted by Crippen LogP contribution is -2.43. The van der Waals surface area contributed by atoms with E-state index in [-0.39, 0.29) is 19.6 Å². The minimum atomic E-state index is -1.12. The van der Waals surface area contributed by atoms with Crippen molar-refractivity contribution in [2.75, 3.05) is 6.61 Å². The van der Waals surface area contributed by atoms with E-state index in [4.69, 9.17) is 16.3 Å². The molecule has 0 fully saturated rings. The molecule has 0 saturated carbocycles. The first-order valence-corrected chi connectivity index (χ1v) is 7.81. The summed E-state index contributed by atoms with van der Waals surface area (Å²) in [4.78, 5) is 23.2. The molecule has 0 saturated heterocycles. The monoisotopic (exact) mass is 347 g/mol. The van der Waals surface area contributed by atoms with Gasteiger partial charge in [0.15, 0.2) is 0 Å². The van der Waals surface area contributed by atoms with Crippen LogP contribution in [0.3, 0.4) is 0 Å². The van der Waals surface area contributed by atoms with E-state index in [9.17, 15) is 14.7 Å². The predicted octanol–water partition coefficient (Wildman–Crippen LogP) is 2.67. The van der Waals surface area contributed by atoms with Gasteiger partial charge in [0.2, 0.25) is 5.91 Å². The molecular formula is C18H18ClNO4. The van der Waals surface area contributed by atoms with Crippen molar-refractivity contribution < 1.29 is 19.4 Å². The molecule has 0 unspecified atom stereocenters. The second-order valence-corrected chi connectivity index (χ2v) is 5.64. The Morgan fingerprint density at radius 2 is 1.75 bits per heavy atom. The van der Waals surface area contributed by atoms with E-state index in [1.165, 1.54) is 0 Å². The summed E-state index contributed by atoms with van der Waals surface area (Å²) in [5.74, 6) is -1.60. The van der Waals surface area contributed by atoms with E-state index in [1.54, 1.807) is 24.3 Å². The maximum atomic E-state index is 11.9. The Bertz CT molecular complexity index is 690. The van der Waals surface area contributed by atoms with Crippen LogP contribution in [0.5, 0.6) is 0 Å². The fourth-order valence-corrected chi connectivity index (χ4v) is 2.37. The normalized spacial score (nSPS) is 11.7. The molecule has 0 spiro atoms. The third-order valence-electron chi connectivity index (χ3n) is 3.36. The number of carbonyl (C=O) groups excluding carboxylic acids is 1. The minimum Gasteiger partial charge on any atom is -0.480 e. The van der Waals surface area contributed by atoms with E-state index in [2.05, 4.69) is 5.32 Å². The van der Waals surface area contributed by atoms with Gasteiger partial charge in [-0.1, -0.05) is 60.1 Å². The van der Waals surface area contributed by atoms with Crippen LogP contribution in [-0.2, 0) is 27.4 Å². The molecule has 0 aliphatic heterocycles. The molecule has 0 radical (unpaired) electrons. The second-order valence-electron chi connectivity index (χ2n) is 5.23. The molecule has 0 aliphatic rings. The van der Waals surface area contributed by atoms with Crippen molar-refractivity contribution in [2.24, 2.45) is 0 Å². The lowest BCUT2D eigenvalue weighted by Gasteiger charge is -2.15. The van der Waals surface area contributed by atoms with Gasteiger partial charge in [-0.05, 0) is 17.2 Å². The highest BCUT2D eigenvalue weighted by Gasteiger charge is 2.21. The number of nitrogens with one attached hydrogen (secondary N) is 1. The SMILES string of the molecule is O=C(COCc1ccccc1)N[C@@H](Cc1ccccc1Cl)C(=O)O. The van der Waals surface area contributed by atoms with Crippen LogP contribution in [0.25, 0.3) is 0 Å². The van der Waals surface area contributed by atoms with Crippen LogP contribution in [0.1, 0.15) is 11.1 Å². The average Bonchev–Trinajstić information content (AvgIpc) is 2.57. The summed E-state index contributed by atoms with van der Waals surface area (Å²) < 4.78 is 5.31. The van der Waals surface area contributed by atoms with E-state index in [0.717, 1.165) is 5.56 Å². The Morgan fingerprint density at radius 3 is 2.42 bits per heavy atom. The van der Waals surface area contributed by atoms with Crippen LogP contribution < -0.4 is 5.32 Å².